The third-order valence-electron chi connectivity index (χ3n) is 3.82. The minimum absolute atomic E-state index is 0.414. The van der Waals surface area contributed by atoms with Crippen LogP contribution in [0, 0.1) is 0 Å². The average Bonchev–Trinajstić information content (AvgIpc) is 2.63. The number of esters is 4. The van der Waals surface area contributed by atoms with Crippen LogP contribution in [-0.2, 0) is 47.7 Å². The Morgan fingerprint density at radius 2 is 1.67 bits per heavy atom. The maximum Gasteiger partial charge on any atom is 0.373 e. The van der Waals surface area contributed by atoms with Crippen molar-refractivity contribution in [3.63, 3.8) is 0 Å². The van der Waals surface area contributed by atoms with Crippen molar-refractivity contribution < 1.29 is 52.8 Å². The van der Waals surface area contributed by atoms with Gasteiger partial charge < -0.3 is 34.1 Å². The maximum absolute atomic E-state index is 11.9. The molecule has 1 aliphatic rings. The minimum Gasteiger partial charge on any atom is -0.477 e. The third-order valence-corrected chi connectivity index (χ3v) is 3.82. The van der Waals surface area contributed by atoms with Crippen LogP contribution in [0.2, 0.25) is 0 Å². The molecule has 1 amide bonds. The van der Waals surface area contributed by atoms with Crippen LogP contribution in [0.5, 0.6) is 0 Å². The van der Waals surface area contributed by atoms with Crippen molar-refractivity contribution in [2.45, 2.75) is 58.2 Å². The van der Waals surface area contributed by atoms with Crippen LogP contribution in [0.1, 0.15) is 27.7 Å². The zero-order valence-corrected chi connectivity index (χ0v) is 17.2. The summed E-state index contributed by atoms with van der Waals surface area (Å²) in [7, 11) is 1.08. The first-order valence-electron chi connectivity index (χ1n) is 8.86. The van der Waals surface area contributed by atoms with Crippen LogP contribution >= 0.6 is 0 Å². The Labute approximate surface area is 172 Å². The highest BCUT2D eigenvalue weighted by molar-refractivity contribution is 5.86. The molecule has 0 aromatic carbocycles. The van der Waals surface area contributed by atoms with Gasteiger partial charge in [-0.1, -0.05) is 0 Å². The molecule has 0 unspecified atom stereocenters. The minimum atomic E-state index is -1.48. The number of hydrogen-bond acceptors (Lipinski definition) is 11. The van der Waals surface area contributed by atoms with Crippen molar-refractivity contribution >= 4 is 29.8 Å². The van der Waals surface area contributed by atoms with E-state index in [9.17, 15) is 29.1 Å². The second-order valence-corrected chi connectivity index (χ2v) is 6.35. The van der Waals surface area contributed by atoms with E-state index in [1.54, 1.807) is 0 Å². The second kappa shape index (κ2) is 11.1. The van der Waals surface area contributed by atoms with Crippen LogP contribution in [0.15, 0.2) is 11.8 Å². The molecule has 1 rings (SSSR count). The molecule has 0 aliphatic carbocycles. The first-order chi connectivity index (χ1) is 14.0. The highest BCUT2D eigenvalue weighted by atomic mass is 16.6. The summed E-state index contributed by atoms with van der Waals surface area (Å²) in [4.78, 5) is 58.1. The summed E-state index contributed by atoms with van der Waals surface area (Å²) >= 11 is 0. The summed E-state index contributed by atoms with van der Waals surface area (Å²) in [6.45, 7) is 3.91. The molecule has 0 saturated carbocycles. The summed E-state index contributed by atoms with van der Waals surface area (Å²) in [5.41, 5.74) is 0. The van der Waals surface area contributed by atoms with Gasteiger partial charge in [0, 0.05) is 27.7 Å². The largest absolute Gasteiger partial charge is 0.477 e. The van der Waals surface area contributed by atoms with E-state index >= 15 is 0 Å². The number of aliphatic hydroxyl groups excluding tert-OH is 1. The molecular weight excluding hydrogens is 406 g/mol. The van der Waals surface area contributed by atoms with Gasteiger partial charge in [-0.15, -0.1) is 0 Å². The zero-order chi connectivity index (χ0) is 23.0. The predicted octanol–water partition coefficient (Wildman–Crippen LogP) is -1.27. The number of rotatable bonds is 8. The van der Waals surface area contributed by atoms with Crippen LogP contribution in [0.4, 0.5) is 0 Å². The molecule has 0 spiro atoms. The standard InChI is InChI=1S/C18H25NO11/c1-8(20)19-15-12(24)6-13(18(25)26-5)30-17(15)16(29-11(4)23)14(28-10(3)22)7-27-9(2)21/h6,12,14-17,24H,7H2,1-5H3,(H,19,20)/t12-,14+,15-,16+,17-/m1/s1. The number of ether oxygens (including phenoxy) is 5. The smallest absolute Gasteiger partial charge is 0.373 e. The lowest BCUT2D eigenvalue weighted by molar-refractivity contribution is -0.190. The second-order valence-electron chi connectivity index (χ2n) is 6.35. The van der Waals surface area contributed by atoms with Gasteiger partial charge >= 0.3 is 23.9 Å². The van der Waals surface area contributed by atoms with E-state index < -0.39 is 72.6 Å². The van der Waals surface area contributed by atoms with Gasteiger partial charge in [0.25, 0.3) is 0 Å². The Balaban J connectivity index is 3.41. The molecule has 30 heavy (non-hydrogen) atoms. The molecule has 0 bridgehead atoms. The Kier molecular flexibility index (Phi) is 9.24. The first-order valence-corrected chi connectivity index (χ1v) is 8.86. The monoisotopic (exact) mass is 431 g/mol. The van der Waals surface area contributed by atoms with E-state index in [1.165, 1.54) is 6.92 Å². The molecule has 168 valence electrons. The molecule has 0 fully saturated rings. The Morgan fingerprint density at radius 3 is 2.13 bits per heavy atom. The molecule has 0 saturated heterocycles. The van der Waals surface area contributed by atoms with Crippen LogP contribution < -0.4 is 5.32 Å². The summed E-state index contributed by atoms with van der Waals surface area (Å²) in [6, 6.07) is -1.21. The van der Waals surface area contributed by atoms with Gasteiger partial charge in [-0.2, -0.15) is 0 Å². The fourth-order valence-corrected chi connectivity index (χ4v) is 2.76. The highest BCUT2D eigenvalue weighted by Crippen LogP contribution is 2.26. The molecule has 5 atom stereocenters. The zero-order valence-electron chi connectivity index (χ0n) is 17.2. The van der Waals surface area contributed by atoms with Gasteiger partial charge in [0.05, 0.1) is 13.2 Å². The number of carbonyl (C=O) groups is 5. The van der Waals surface area contributed by atoms with E-state index in [0.717, 1.165) is 34.0 Å². The van der Waals surface area contributed by atoms with Gasteiger partial charge in [-0.3, -0.25) is 19.2 Å². The highest BCUT2D eigenvalue weighted by Gasteiger charge is 2.47. The number of methoxy groups -OCH3 is 1. The summed E-state index contributed by atoms with van der Waals surface area (Å²) in [6.07, 6.45) is -4.70. The fourth-order valence-electron chi connectivity index (χ4n) is 2.76. The number of amides is 1. The fraction of sp³-hybridized carbons (Fsp3) is 0.611. The SMILES string of the molecule is COC(=O)C1=C[C@@H](O)[C@@H](NC(C)=O)[C@H]([C@@H](OC(C)=O)[C@H](COC(C)=O)OC(C)=O)O1. The van der Waals surface area contributed by atoms with Gasteiger partial charge in [0.1, 0.15) is 12.7 Å². The summed E-state index contributed by atoms with van der Waals surface area (Å²) in [5, 5.41) is 12.9. The topological polar surface area (TPSA) is 164 Å². The molecule has 0 aromatic rings. The maximum atomic E-state index is 11.9. The van der Waals surface area contributed by atoms with E-state index in [-0.39, 0.29) is 0 Å². The molecule has 0 radical (unpaired) electrons. The lowest BCUT2D eigenvalue weighted by atomic mass is 9.93. The molecule has 12 nitrogen and oxygen atoms in total. The number of aliphatic hydroxyl groups is 1. The molecule has 2 N–H and O–H groups in total. The van der Waals surface area contributed by atoms with Crippen LogP contribution in [-0.4, -0.2) is 79.1 Å². The lowest BCUT2D eigenvalue weighted by Crippen LogP contribution is -2.61. The lowest BCUT2D eigenvalue weighted by Gasteiger charge is -2.40. The van der Waals surface area contributed by atoms with E-state index in [1.807, 2.05) is 0 Å². The van der Waals surface area contributed by atoms with E-state index in [2.05, 4.69) is 10.1 Å². The first kappa shape index (κ1) is 24.9. The molecule has 12 heteroatoms. The predicted molar refractivity (Wildman–Crippen MR) is 96.3 cm³/mol. The Hall–Kier alpha value is -3.15. The van der Waals surface area contributed by atoms with Crippen LogP contribution in [0.3, 0.4) is 0 Å². The Morgan fingerprint density at radius 1 is 1.07 bits per heavy atom. The van der Waals surface area contributed by atoms with Crippen molar-refractivity contribution in [1.29, 1.82) is 0 Å². The normalized spacial score (nSPS) is 22.3. The van der Waals surface area contributed by atoms with Crippen molar-refractivity contribution in [2.24, 2.45) is 0 Å². The van der Waals surface area contributed by atoms with Crippen molar-refractivity contribution in [2.75, 3.05) is 13.7 Å². The number of nitrogens with one attached hydrogen (secondary N) is 1. The van der Waals surface area contributed by atoms with Gasteiger partial charge in [-0.05, 0) is 6.08 Å². The van der Waals surface area contributed by atoms with Crippen LogP contribution in [0.25, 0.3) is 0 Å². The molecule has 0 aromatic heterocycles. The van der Waals surface area contributed by atoms with E-state index in [0.29, 0.717) is 0 Å². The summed E-state index contributed by atoms with van der Waals surface area (Å²) < 4.78 is 25.4. The molecule has 1 heterocycles. The number of carbonyl (C=O) groups excluding carboxylic acids is 5. The van der Waals surface area contributed by atoms with Crippen molar-refractivity contribution in [3.8, 4) is 0 Å². The summed E-state index contributed by atoms with van der Waals surface area (Å²) in [5.74, 6) is -4.23. The van der Waals surface area contributed by atoms with Gasteiger partial charge in [0.15, 0.2) is 18.3 Å². The molecule has 1 aliphatic heterocycles. The third kappa shape index (κ3) is 7.35. The average molecular weight is 431 g/mol. The molecular formula is C18H25NO11. The van der Waals surface area contributed by atoms with E-state index in [4.69, 9.17) is 18.9 Å². The quantitative estimate of drug-likeness (QED) is 0.348. The van der Waals surface area contributed by atoms with Crippen molar-refractivity contribution in [1.82, 2.24) is 5.32 Å². The number of hydrogen-bond donors (Lipinski definition) is 2. The van der Waals surface area contributed by atoms with Crippen molar-refractivity contribution in [3.05, 3.63) is 11.8 Å². The van der Waals surface area contributed by atoms with Gasteiger partial charge in [0.2, 0.25) is 11.7 Å². The van der Waals surface area contributed by atoms with Gasteiger partial charge in [-0.25, -0.2) is 4.79 Å². The Bertz CT molecular complexity index is 717.